The SMILES string of the molecule is Cc1nc2ccc(C(=O)N/N=C/c3ccc4c(c3)OCCO4)cc2[nH]1. The Balaban J connectivity index is 1.46. The lowest BCUT2D eigenvalue weighted by atomic mass is 10.2. The number of H-pyrrole nitrogens is 1. The highest BCUT2D eigenvalue weighted by Crippen LogP contribution is 2.30. The van der Waals surface area contributed by atoms with Crippen molar-refractivity contribution in [2.75, 3.05) is 13.2 Å². The third kappa shape index (κ3) is 3.16. The molecule has 2 N–H and O–H groups in total. The molecule has 2 heterocycles. The fourth-order valence-corrected chi connectivity index (χ4v) is 2.65. The highest BCUT2D eigenvalue weighted by atomic mass is 16.6. The number of aromatic amines is 1. The van der Waals surface area contributed by atoms with Gasteiger partial charge in [-0.25, -0.2) is 10.4 Å². The number of aryl methyl sites for hydroxylation is 1. The van der Waals surface area contributed by atoms with Crippen molar-refractivity contribution in [3.8, 4) is 11.5 Å². The van der Waals surface area contributed by atoms with Crippen LogP contribution in [0.15, 0.2) is 41.5 Å². The van der Waals surface area contributed by atoms with Crippen LogP contribution in [0.4, 0.5) is 0 Å². The number of nitrogens with one attached hydrogen (secondary N) is 2. The number of hydrazone groups is 1. The summed E-state index contributed by atoms with van der Waals surface area (Å²) in [4.78, 5) is 19.6. The van der Waals surface area contributed by atoms with E-state index < -0.39 is 0 Å². The lowest BCUT2D eigenvalue weighted by Crippen LogP contribution is -2.17. The van der Waals surface area contributed by atoms with Crippen molar-refractivity contribution >= 4 is 23.2 Å². The van der Waals surface area contributed by atoms with Crippen LogP contribution in [0, 0.1) is 6.92 Å². The zero-order valence-corrected chi connectivity index (χ0v) is 13.6. The second-order valence-electron chi connectivity index (χ2n) is 5.66. The van der Waals surface area contributed by atoms with Crippen LogP contribution in [0.1, 0.15) is 21.7 Å². The van der Waals surface area contributed by atoms with Gasteiger partial charge in [0.1, 0.15) is 19.0 Å². The number of hydrogen-bond acceptors (Lipinski definition) is 5. The van der Waals surface area contributed by atoms with Crippen molar-refractivity contribution < 1.29 is 14.3 Å². The Labute approximate surface area is 143 Å². The van der Waals surface area contributed by atoms with Gasteiger partial charge in [0.25, 0.3) is 5.91 Å². The summed E-state index contributed by atoms with van der Waals surface area (Å²) >= 11 is 0. The van der Waals surface area contributed by atoms with E-state index in [-0.39, 0.29) is 5.91 Å². The quantitative estimate of drug-likeness (QED) is 0.568. The molecule has 1 aliphatic heterocycles. The minimum atomic E-state index is -0.289. The van der Waals surface area contributed by atoms with Gasteiger partial charge in [0.05, 0.1) is 17.2 Å². The van der Waals surface area contributed by atoms with Crippen molar-refractivity contribution in [2.24, 2.45) is 5.10 Å². The Morgan fingerprint density at radius 2 is 2.04 bits per heavy atom. The van der Waals surface area contributed by atoms with E-state index in [0.29, 0.717) is 24.5 Å². The van der Waals surface area contributed by atoms with Gasteiger partial charge in [-0.3, -0.25) is 4.79 Å². The molecule has 1 aliphatic rings. The molecule has 4 rings (SSSR count). The molecule has 0 spiro atoms. The number of fused-ring (bicyclic) bond motifs is 2. The molecule has 0 radical (unpaired) electrons. The Morgan fingerprint density at radius 3 is 2.92 bits per heavy atom. The largest absolute Gasteiger partial charge is 0.486 e. The van der Waals surface area contributed by atoms with Gasteiger partial charge >= 0.3 is 0 Å². The molecular weight excluding hydrogens is 320 g/mol. The van der Waals surface area contributed by atoms with Crippen LogP contribution in [0.3, 0.4) is 0 Å². The van der Waals surface area contributed by atoms with Crippen LogP contribution >= 0.6 is 0 Å². The molecule has 25 heavy (non-hydrogen) atoms. The fraction of sp³-hybridized carbons (Fsp3) is 0.167. The van der Waals surface area contributed by atoms with Crippen LogP contribution in [0.2, 0.25) is 0 Å². The molecule has 2 aromatic carbocycles. The van der Waals surface area contributed by atoms with E-state index >= 15 is 0 Å². The average Bonchev–Trinajstić information content (AvgIpc) is 3.00. The highest BCUT2D eigenvalue weighted by molar-refractivity contribution is 5.97. The first kappa shape index (κ1) is 15.2. The molecule has 126 valence electrons. The van der Waals surface area contributed by atoms with E-state index in [0.717, 1.165) is 28.2 Å². The molecule has 0 saturated heterocycles. The Morgan fingerprint density at radius 1 is 1.20 bits per heavy atom. The van der Waals surface area contributed by atoms with E-state index in [1.807, 2.05) is 25.1 Å². The molecule has 7 nitrogen and oxygen atoms in total. The summed E-state index contributed by atoms with van der Waals surface area (Å²) in [6, 6.07) is 10.8. The van der Waals surface area contributed by atoms with E-state index in [4.69, 9.17) is 9.47 Å². The van der Waals surface area contributed by atoms with E-state index in [1.54, 1.807) is 24.4 Å². The topological polar surface area (TPSA) is 88.6 Å². The number of carbonyl (C=O) groups is 1. The van der Waals surface area contributed by atoms with Crippen LogP contribution in [0.5, 0.6) is 11.5 Å². The van der Waals surface area contributed by atoms with Gasteiger partial charge in [0.2, 0.25) is 0 Å². The van der Waals surface area contributed by atoms with E-state index in [9.17, 15) is 4.79 Å². The molecule has 0 bridgehead atoms. The third-order valence-corrected chi connectivity index (χ3v) is 3.81. The maximum atomic E-state index is 12.2. The van der Waals surface area contributed by atoms with Gasteiger partial charge in [0.15, 0.2) is 11.5 Å². The standard InChI is InChI=1S/C18H16N4O3/c1-11-20-14-4-3-13(9-15(14)21-11)18(23)22-19-10-12-2-5-16-17(8-12)25-7-6-24-16/h2-5,8-10H,6-7H2,1H3,(H,20,21)(H,22,23)/b19-10+. The summed E-state index contributed by atoms with van der Waals surface area (Å²) < 4.78 is 11.0. The monoisotopic (exact) mass is 336 g/mol. The predicted molar refractivity (Wildman–Crippen MR) is 93.3 cm³/mol. The molecule has 3 aromatic rings. The highest BCUT2D eigenvalue weighted by Gasteiger charge is 2.11. The molecule has 0 atom stereocenters. The zero-order valence-electron chi connectivity index (χ0n) is 13.6. The number of rotatable bonds is 3. The maximum Gasteiger partial charge on any atom is 0.271 e. The number of hydrogen-bond donors (Lipinski definition) is 2. The van der Waals surface area contributed by atoms with Crippen molar-refractivity contribution in [3.05, 3.63) is 53.3 Å². The van der Waals surface area contributed by atoms with Crippen LogP contribution in [-0.2, 0) is 0 Å². The number of imidazole rings is 1. The van der Waals surface area contributed by atoms with E-state index in [1.165, 1.54) is 0 Å². The predicted octanol–water partition coefficient (Wildman–Crippen LogP) is 2.41. The molecular formula is C18H16N4O3. The van der Waals surface area contributed by atoms with Gasteiger partial charge in [0, 0.05) is 5.56 Å². The lowest BCUT2D eigenvalue weighted by Gasteiger charge is -2.18. The Hall–Kier alpha value is -3.35. The average molecular weight is 336 g/mol. The molecule has 0 fully saturated rings. The van der Waals surface area contributed by atoms with Gasteiger partial charge in [-0.15, -0.1) is 0 Å². The molecule has 0 unspecified atom stereocenters. The molecule has 1 amide bonds. The summed E-state index contributed by atoms with van der Waals surface area (Å²) in [7, 11) is 0. The molecule has 7 heteroatoms. The minimum Gasteiger partial charge on any atom is -0.486 e. The second kappa shape index (κ2) is 6.27. The Kier molecular flexibility index (Phi) is 3.81. The number of ether oxygens (including phenoxy) is 2. The fourth-order valence-electron chi connectivity index (χ4n) is 2.65. The van der Waals surface area contributed by atoms with Gasteiger partial charge in [-0.1, -0.05) is 0 Å². The molecule has 0 saturated carbocycles. The first-order valence-electron chi connectivity index (χ1n) is 7.88. The van der Waals surface area contributed by atoms with Crippen molar-refractivity contribution in [3.63, 3.8) is 0 Å². The van der Waals surface area contributed by atoms with Gasteiger partial charge in [-0.05, 0) is 48.9 Å². The minimum absolute atomic E-state index is 0.289. The first-order chi connectivity index (χ1) is 12.2. The number of aromatic nitrogens is 2. The summed E-state index contributed by atoms with van der Waals surface area (Å²) in [6.07, 6.45) is 1.56. The first-order valence-corrected chi connectivity index (χ1v) is 7.88. The normalized spacial score (nSPS) is 13.3. The van der Waals surface area contributed by atoms with Gasteiger partial charge in [-0.2, -0.15) is 5.10 Å². The van der Waals surface area contributed by atoms with Crippen LogP contribution < -0.4 is 14.9 Å². The van der Waals surface area contributed by atoms with Crippen LogP contribution in [-0.4, -0.2) is 35.3 Å². The van der Waals surface area contributed by atoms with Crippen molar-refractivity contribution in [2.45, 2.75) is 6.92 Å². The van der Waals surface area contributed by atoms with Crippen molar-refractivity contribution in [1.82, 2.24) is 15.4 Å². The number of benzene rings is 2. The zero-order chi connectivity index (χ0) is 17.2. The smallest absolute Gasteiger partial charge is 0.271 e. The van der Waals surface area contributed by atoms with Crippen molar-refractivity contribution in [1.29, 1.82) is 0 Å². The second-order valence-corrected chi connectivity index (χ2v) is 5.66. The summed E-state index contributed by atoms with van der Waals surface area (Å²) in [5.74, 6) is 1.92. The summed E-state index contributed by atoms with van der Waals surface area (Å²) in [6.45, 7) is 2.95. The molecule has 0 aliphatic carbocycles. The summed E-state index contributed by atoms with van der Waals surface area (Å²) in [5.41, 5.74) is 5.49. The maximum absolute atomic E-state index is 12.2. The third-order valence-electron chi connectivity index (χ3n) is 3.81. The van der Waals surface area contributed by atoms with E-state index in [2.05, 4.69) is 20.5 Å². The summed E-state index contributed by atoms with van der Waals surface area (Å²) in [5, 5.41) is 4.01. The lowest BCUT2D eigenvalue weighted by molar-refractivity contribution is 0.0955. The number of carbonyl (C=O) groups excluding carboxylic acids is 1. The number of nitrogens with zero attached hydrogens (tertiary/aromatic N) is 2. The molecule has 1 aromatic heterocycles. The van der Waals surface area contributed by atoms with Crippen LogP contribution in [0.25, 0.3) is 11.0 Å². The number of amides is 1. The Bertz CT molecular complexity index is 978. The van der Waals surface area contributed by atoms with Gasteiger partial charge < -0.3 is 14.5 Å².